The van der Waals surface area contributed by atoms with Crippen LogP contribution in [0.4, 0.5) is 0 Å². The van der Waals surface area contributed by atoms with Crippen LogP contribution in [-0.4, -0.2) is 15.7 Å². The van der Waals surface area contributed by atoms with E-state index < -0.39 is 0 Å². The van der Waals surface area contributed by atoms with Crippen LogP contribution in [-0.2, 0) is 17.8 Å². The first-order valence-corrected chi connectivity index (χ1v) is 8.70. The predicted octanol–water partition coefficient (Wildman–Crippen LogP) is 3.23. The average Bonchev–Trinajstić information content (AvgIpc) is 2.91. The van der Waals surface area contributed by atoms with Gasteiger partial charge in [0.25, 0.3) is 0 Å². The van der Waals surface area contributed by atoms with Crippen molar-refractivity contribution in [2.75, 3.05) is 0 Å². The van der Waals surface area contributed by atoms with Gasteiger partial charge in [-0.3, -0.25) is 9.48 Å². The fourth-order valence-corrected chi connectivity index (χ4v) is 3.62. The maximum absolute atomic E-state index is 12.3. The summed E-state index contributed by atoms with van der Waals surface area (Å²) in [5.41, 5.74) is 3.78. The van der Waals surface area contributed by atoms with E-state index in [4.69, 9.17) is 0 Å². The molecule has 1 atom stereocenters. The van der Waals surface area contributed by atoms with E-state index in [0.717, 1.165) is 38.6 Å². The monoisotopic (exact) mass is 309 g/mol. The van der Waals surface area contributed by atoms with Crippen molar-refractivity contribution in [2.45, 2.75) is 51.1 Å². The van der Waals surface area contributed by atoms with E-state index in [1.807, 2.05) is 12.3 Å². The molecule has 4 heteroatoms. The molecule has 4 nitrogen and oxygen atoms in total. The summed E-state index contributed by atoms with van der Waals surface area (Å²) in [6, 6.07) is 10.6. The number of rotatable bonds is 4. The van der Waals surface area contributed by atoms with Gasteiger partial charge in [0.1, 0.15) is 0 Å². The van der Waals surface area contributed by atoms with E-state index in [2.05, 4.69) is 39.4 Å². The molecule has 1 aromatic heterocycles. The second kappa shape index (κ2) is 6.19. The van der Waals surface area contributed by atoms with Crippen molar-refractivity contribution in [2.24, 2.45) is 5.92 Å². The zero-order chi connectivity index (χ0) is 15.6. The summed E-state index contributed by atoms with van der Waals surface area (Å²) in [6.45, 7) is 0.805. The third kappa shape index (κ3) is 2.90. The van der Waals surface area contributed by atoms with Crippen LogP contribution >= 0.6 is 0 Å². The fourth-order valence-electron chi connectivity index (χ4n) is 3.62. The molecule has 23 heavy (non-hydrogen) atoms. The van der Waals surface area contributed by atoms with Crippen molar-refractivity contribution in [1.29, 1.82) is 0 Å². The van der Waals surface area contributed by atoms with Gasteiger partial charge in [0.05, 0.1) is 18.8 Å². The normalized spacial score (nSPS) is 20.6. The minimum Gasteiger partial charge on any atom is -0.349 e. The highest BCUT2D eigenvalue weighted by atomic mass is 16.2. The Hall–Kier alpha value is -2.10. The number of hydrogen-bond donors (Lipinski definition) is 1. The van der Waals surface area contributed by atoms with Gasteiger partial charge in [-0.2, -0.15) is 5.10 Å². The third-order valence-corrected chi connectivity index (χ3v) is 5.23. The summed E-state index contributed by atoms with van der Waals surface area (Å²) in [7, 11) is 0. The number of amides is 1. The van der Waals surface area contributed by atoms with Crippen LogP contribution in [0, 0.1) is 5.92 Å². The van der Waals surface area contributed by atoms with Gasteiger partial charge in [0, 0.05) is 17.2 Å². The van der Waals surface area contributed by atoms with E-state index in [1.165, 1.54) is 23.2 Å². The van der Waals surface area contributed by atoms with Crippen LogP contribution in [0.3, 0.4) is 0 Å². The highest BCUT2D eigenvalue weighted by Gasteiger charge is 2.30. The Morgan fingerprint density at radius 1 is 1.17 bits per heavy atom. The number of carbonyl (C=O) groups is 1. The van der Waals surface area contributed by atoms with Crippen molar-refractivity contribution in [3.05, 3.63) is 53.3 Å². The number of aromatic nitrogens is 2. The predicted molar refractivity (Wildman–Crippen MR) is 88.9 cm³/mol. The van der Waals surface area contributed by atoms with E-state index >= 15 is 0 Å². The van der Waals surface area contributed by atoms with Gasteiger partial charge in [-0.05, 0) is 37.7 Å². The Labute approximate surface area is 136 Å². The molecule has 1 aromatic carbocycles. The molecular weight excluding hydrogens is 286 g/mol. The smallest absolute Gasteiger partial charge is 0.223 e. The van der Waals surface area contributed by atoms with Crippen LogP contribution in [0.25, 0.3) is 0 Å². The lowest BCUT2D eigenvalue weighted by molar-refractivity contribution is -0.128. The average molecular weight is 309 g/mol. The molecule has 0 aliphatic heterocycles. The summed E-state index contributed by atoms with van der Waals surface area (Å²) in [5.74, 6) is 0.490. The number of nitrogens with zero attached hydrogens (tertiary/aromatic N) is 2. The molecule has 120 valence electrons. The van der Waals surface area contributed by atoms with E-state index in [9.17, 15) is 4.79 Å². The molecule has 2 aromatic rings. The molecule has 0 unspecified atom stereocenters. The molecule has 2 aliphatic carbocycles. The Balaban J connectivity index is 1.51. The summed E-state index contributed by atoms with van der Waals surface area (Å²) < 4.78 is 2.10. The summed E-state index contributed by atoms with van der Waals surface area (Å²) in [6.07, 6.45) is 8.47. The maximum atomic E-state index is 12.3. The van der Waals surface area contributed by atoms with Crippen LogP contribution in [0.1, 0.15) is 55.0 Å². The van der Waals surface area contributed by atoms with Gasteiger partial charge in [0.15, 0.2) is 0 Å². The second-order valence-corrected chi connectivity index (χ2v) is 6.77. The van der Waals surface area contributed by atoms with Crippen LogP contribution in [0.2, 0.25) is 0 Å². The molecule has 0 spiro atoms. The van der Waals surface area contributed by atoms with Crippen LogP contribution in [0.15, 0.2) is 36.5 Å². The summed E-state index contributed by atoms with van der Waals surface area (Å²) in [5, 5.41) is 7.86. The first-order chi connectivity index (χ1) is 11.3. The van der Waals surface area contributed by atoms with E-state index in [0.29, 0.717) is 0 Å². The Morgan fingerprint density at radius 2 is 2.00 bits per heavy atom. The lowest BCUT2D eigenvalue weighted by atomic mass is 9.84. The highest BCUT2D eigenvalue weighted by Crippen LogP contribution is 2.32. The van der Waals surface area contributed by atoms with Crippen molar-refractivity contribution in [3.63, 3.8) is 0 Å². The van der Waals surface area contributed by atoms with Gasteiger partial charge in [-0.25, -0.2) is 0 Å². The zero-order valence-corrected chi connectivity index (χ0v) is 13.4. The summed E-state index contributed by atoms with van der Waals surface area (Å²) >= 11 is 0. The quantitative estimate of drug-likeness (QED) is 0.942. The molecule has 0 bridgehead atoms. The molecule has 1 fully saturated rings. The second-order valence-electron chi connectivity index (χ2n) is 6.77. The standard InChI is InChI=1S/C19H23N3O/c23-19(15-8-4-9-15)21-17-10-5-11-18-16(17)12-20-22(18)13-14-6-2-1-3-7-14/h1-3,6-7,12,15,17H,4-5,8-11,13H2,(H,21,23)/t17-/m0/s1. The first-order valence-electron chi connectivity index (χ1n) is 8.70. The van der Waals surface area contributed by atoms with E-state index in [1.54, 1.807) is 0 Å². The third-order valence-electron chi connectivity index (χ3n) is 5.23. The Morgan fingerprint density at radius 3 is 2.74 bits per heavy atom. The molecule has 1 heterocycles. The number of benzene rings is 1. The van der Waals surface area contributed by atoms with Crippen molar-refractivity contribution in [3.8, 4) is 0 Å². The Kier molecular flexibility index (Phi) is 3.90. The number of fused-ring (bicyclic) bond motifs is 1. The van der Waals surface area contributed by atoms with Crippen LogP contribution < -0.4 is 5.32 Å². The molecule has 0 radical (unpaired) electrons. The molecule has 1 saturated carbocycles. The topological polar surface area (TPSA) is 46.9 Å². The fraction of sp³-hybridized carbons (Fsp3) is 0.474. The Bertz CT molecular complexity index is 688. The lowest BCUT2D eigenvalue weighted by Crippen LogP contribution is -2.38. The van der Waals surface area contributed by atoms with Crippen molar-refractivity contribution < 1.29 is 4.79 Å². The van der Waals surface area contributed by atoms with Crippen molar-refractivity contribution in [1.82, 2.24) is 15.1 Å². The maximum Gasteiger partial charge on any atom is 0.223 e. The minimum absolute atomic E-state index is 0.149. The number of hydrogen-bond acceptors (Lipinski definition) is 2. The first kappa shape index (κ1) is 14.5. The number of nitrogens with one attached hydrogen (secondary N) is 1. The van der Waals surface area contributed by atoms with Gasteiger partial charge in [-0.15, -0.1) is 0 Å². The molecule has 2 aliphatic rings. The van der Waals surface area contributed by atoms with Gasteiger partial charge >= 0.3 is 0 Å². The van der Waals surface area contributed by atoms with Crippen LogP contribution in [0.5, 0.6) is 0 Å². The minimum atomic E-state index is 0.149. The van der Waals surface area contributed by atoms with Gasteiger partial charge < -0.3 is 5.32 Å². The zero-order valence-electron chi connectivity index (χ0n) is 13.4. The highest BCUT2D eigenvalue weighted by molar-refractivity contribution is 5.79. The van der Waals surface area contributed by atoms with Gasteiger partial charge in [0.2, 0.25) is 5.91 Å². The van der Waals surface area contributed by atoms with E-state index in [-0.39, 0.29) is 17.9 Å². The number of carbonyl (C=O) groups excluding carboxylic acids is 1. The van der Waals surface area contributed by atoms with Crippen molar-refractivity contribution >= 4 is 5.91 Å². The summed E-state index contributed by atoms with van der Waals surface area (Å²) in [4.78, 5) is 12.3. The largest absolute Gasteiger partial charge is 0.349 e. The van der Waals surface area contributed by atoms with Gasteiger partial charge in [-0.1, -0.05) is 36.8 Å². The molecule has 4 rings (SSSR count). The molecule has 0 saturated heterocycles. The molecule has 1 amide bonds. The molecular formula is C19H23N3O. The lowest BCUT2D eigenvalue weighted by Gasteiger charge is -2.29. The molecule has 1 N–H and O–H groups in total. The SMILES string of the molecule is O=C(N[C@H]1CCCc2c1cnn2Cc1ccccc1)C1CCC1.